The van der Waals surface area contributed by atoms with Gasteiger partial charge >= 0.3 is 0 Å². The van der Waals surface area contributed by atoms with E-state index in [2.05, 4.69) is 22.1 Å². The molecule has 3 rings (SSSR count). The van der Waals surface area contributed by atoms with Crippen LogP contribution in [0.2, 0.25) is 0 Å². The molecule has 1 aromatic heterocycles. The van der Waals surface area contributed by atoms with Crippen molar-refractivity contribution in [3.63, 3.8) is 0 Å². The molecule has 0 spiro atoms. The lowest BCUT2D eigenvalue weighted by Gasteiger charge is -2.30. The molecule has 2 fully saturated rings. The van der Waals surface area contributed by atoms with Gasteiger partial charge in [0.15, 0.2) is 5.13 Å². The summed E-state index contributed by atoms with van der Waals surface area (Å²) >= 11 is 1.50. The molecule has 2 saturated heterocycles. The second-order valence-electron chi connectivity index (χ2n) is 7.40. The van der Waals surface area contributed by atoms with E-state index in [0.717, 1.165) is 44.1 Å². The summed E-state index contributed by atoms with van der Waals surface area (Å²) in [6, 6.07) is 0. The molecule has 0 saturated carbocycles. The van der Waals surface area contributed by atoms with Crippen molar-refractivity contribution in [1.82, 2.24) is 14.8 Å². The number of hydrogen-bond acceptors (Lipinski definition) is 5. The van der Waals surface area contributed by atoms with Crippen molar-refractivity contribution in [1.29, 1.82) is 0 Å². The molecular formula is C18H28N4O2S. The second-order valence-corrected chi connectivity index (χ2v) is 8.25. The molecule has 2 amide bonds. The molecule has 1 aromatic rings. The van der Waals surface area contributed by atoms with Gasteiger partial charge in [-0.2, -0.15) is 0 Å². The minimum absolute atomic E-state index is 0.0223. The second kappa shape index (κ2) is 8.27. The Balaban J connectivity index is 1.48. The predicted octanol–water partition coefficient (Wildman–Crippen LogP) is 2.57. The van der Waals surface area contributed by atoms with E-state index < -0.39 is 0 Å². The van der Waals surface area contributed by atoms with E-state index in [1.807, 2.05) is 10.3 Å². The summed E-state index contributed by atoms with van der Waals surface area (Å²) in [7, 11) is 0. The van der Waals surface area contributed by atoms with E-state index >= 15 is 0 Å². The molecular weight excluding hydrogens is 336 g/mol. The van der Waals surface area contributed by atoms with Crippen molar-refractivity contribution in [2.24, 2.45) is 11.8 Å². The Morgan fingerprint density at radius 2 is 2.04 bits per heavy atom. The van der Waals surface area contributed by atoms with Crippen LogP contribution in [0.3, 0.4) is 0 Å². The number of carbonyl (C=O) groups excluding carboxylic acids is 2. The number of anilines is 1. The lowest BCUT2D eigenvalue weighted by Crippen LogP contribution is -2.40. The van der Waals surface area contributed by atoms with E-state index in [4.69, 9.17) is 0 Å². The molecule has 0 aliphatic carbocycles. The van der Waals surface area contributed by atoms with Gasteiger partial charge in [0.1, 0.15) is 0 Å². The van der Waals surface area contributed by atoms with Crippen molar-refractivity contribution in [2.45, 2.75) is 46.1 Å². The topological polar surface area (TPSA) is 65.5 Å². The smallest absolute Gasteiger partial charge is 0.229 e. The fourth-order valence-corrected chi connectivity index (χ4v) is 4.46. The molecule has 2 aliphatic heterocycles. The van der Waals surface area contributed by atoms with Gasteiger partial charge in [-0.25, -0.2) is 4.98 Å². The summed E-state index contributed by atoms with van der Waals surface area (Å²) in [5.74, 6) is 0.865. The molecule has 0 radical (unpaired) electrons. The summed E-state index contributed by atoms with van der Waals surface area (Å²) in [6.07, 6.45) is 4.04. The van der Waals surface area contributed by atoms with Gasteiger partial charge in [-0.05, 0) is 38.1 Å². The average molecular weight is 365 g/mol. The number of rotatable bonds is 4. The van der Waals surface area contributed by atoms with E-state index in [1.165, 1.54) is 24.2 Å². The van der Waals surface area contributed by atoms with Gasteiger partial charge in [0, 0.05) is 44.4 Å². The van der Waals surface area contributed by atoms with E-state index in [1.54, 1.807) is 6.92 Å². The molecule has 1 unspecified atom stereocenters. The van der Waals surface area contributed by atoms with Crippen molar-refractivity contribution >= 4 is 28.3 Å². The highest BCUT2D eigenvalue weighted by molar-refractivity contribution is 7.13. The molecule has 25 heavy (non-hydrogen) atoms. The highest BCUT2D eigenvalue weighted by Crippen LogP contribution is 2.23. The van der Waals surface area contributed by atoms with Crippen molar-refractivity contribution < 1.29 is 9.59 Å². The number of piperidine rings is 2. The number of likely N-dealkylation sites (tertiary alicyclic amines) is 2. The van der Waals surface area contributed by atoms with E-state index in [0.29, 0.717) is 18.2 Å². The maximum Gasteiger partial charge on any atom is 0.229 e. The third-order valence-corrected chi connectivity index (χ3v) is 6.03. The SMILES string of the molecule is CC(=O)N1CCC(C(=O)Nc2nc(CN3CCCC(C)C3)cs2)CC1. The van der Waals surface area contributed by atoms with E-state index in [9.17, 15) is 9.59 Å². The number of nitrogens with zero attached hydrogens (tertiary/aromatic N) is 3. The molecule has 0 aromatic carbocycles. The third-order valence-electron chi connectivity index (χ3n) is 5.22. The maximum atomic E-state index is 12.4. The van der Waals surface area contributed by atoms with Gasteiger partial charge in [0.2, 0.25) is 11.8 Å². The van der Waals surface area contributed by atoms with Crippen LogP contribution >= 0.6 is 11.3 Å². The Bertz CT molecular complexity index is 610. The average Bonchev–Trinajstić information content (AvgIpc) is 3.01. The summed E-state index contributed by atoms with van der Waals surface area (Å²) in [5, 5.41) is 5.71. The van der Waals surface area contributed by atoms with Crippen LogP contribution in [0, 0.1) is 11.8 Å². The van der Waals surface area contributed by atoms with Crippen LogP contribution in [0.5, 0.6) is 0 Å². The van der Waals surface area contributed by atoms with Crippen LogP contribution < -0.4 is 5.32 Å². The number of nitrogens with one attached hydrogen (secondary N) is 1. The van der Waals surface area contributed by atoms with Gasteiger partial charge in [0.05, 0.1) is 5.69 Å². The molecule has 3 heterocycles. The molecule has 7 heteroatoms. The monoisotopic (exact) mass is 364 g/mol. The fourth-order valence-electron chi connectivity index (χ4n) is 3.76. The van der Waals surface area contributed by atoms with Crippen molar-refractivity contribution in [3.8, 4) is 0 Å². The van der Waals surface area contributed by atoms with Crippen molar-refractivity contribution in [3.05, 3.63) is 11.1 Å². The molecule has 1 atom stereocenters. The quantitative estimate of drug-likeness (QED) is 0.892. The first-order chi connectivity index (χ1) is 12.0. The standard InChI is InChI=1S/C18H28N4O2S/c1-13-4-3-7-21(10-13)11-16-12-25-18(19-16)20-17(24)15-5-8-22(9-6-15)14(2)23/h12-13,15H,3-11H2,1-2H3,(H,19,20,24). The van der Waals surface area contributed by atoms with Gasteiger partial charge < -0.3 is 10.2 Å². The van der Waals surface area contributed by atoms with Crippen LogP contribution in [0.25, 0.3) is 0 Å². The largest absolute Gasteiger partial charge is 0.343 e. The summed E-state index contributed by atoms with van der Waals surface area (Å²) in [5.41, 5.74) is 1.04. The van der Waals surface area contributed by atoms with Crippen LogP contribution in [-0.4, -0.2) is 52.8 Å². The van der Waals surface area contributed by atoms with Gasteiger partial charge in [-0.3, -0.25) is 14.5 Å². The third kappa shape index (κ3) is 5.01. The number of aromatic nitrogens is 1. The minimum atomic E-state index is -0.0223. The first-order valence-electron chi connectivity index (χ1n) is 9.24. The van der Waals surface area contributed by atoms with Crippen LogP contribution in [0.4, 0.5) is 5.13 Å². The number of thiazole rings is 1. The first-order valence-corrected chi connectivity index (χ1v) is 10.1. The maximum absolute atomic E-state index is 12.4. The normalized spacial score (nSPS) is 22.8. The summed E-state index contributed by atoms with van der Waals surface area (Å²) in [6.45, 7) is 8.37. The van der Waals surface area contributed by atoms with Gasteiger partial charge in [-0.1, -0.05) is 6.92 Å². The molecule has 6 nitrogen and oxygen atoms in total. The van der Waals surface area contributed by atoms with E-state index in [-0.39, 0.29) is 17.7 Å². The minimum Gasteiger partial charge on any atom is -0.343 e. The Hall–Kier alpha value is -1.47. The Labute approximate surface area is 153 Å². The van der Waals surface area contributed by atoms with Crippen LogP contribution in [-0.2, 0) is 16.1 Å². The summed E-state index contributed by atoms with van der Waals surface area (Å²) in [4.78, 5) is 32.6. The molecule has 138 valence electrons. The predicted molar refractivity (Wildman–Crippen MR) is 99.4 cm³/mol. The summed E-state index contributed by atoms with van der Waals surface area (Å²) < 4.78 is 0. The lowest BCUT2D eigenvalue weighted by molar-refractivity contribution is -0.132. The Morgan fingerprint density at radius 3 is 2.72 bits per heavy atom. The van der Waals surface area contributed by atoms with Gasteiger partial charge in [0.25, 0.3) is 0 Å². The number of hydrogen-bond donors (Lipinski definition) is 1. The highest BCUT2D eigenvalue weighted by Gasteiger charge is 2.26. The highest BCUT2D eigenvalue weighted by atomic mass is 32.1. The van der Waals surface area contributed by atoms with Crippen LogP contribution in [0.15, 0.2) is 5.38 Å². The zero-order valence-electron chi connectivity index (χ0n) is 15.2. The zero-order chi connectivity index (χ0) is 17.8. The Morgan fingerprint density at radius 1 is 1.28 bits per heavy atom. The number of amides is 2. The number of carbonyl (C=O) groups is 2. The molecule has 0 bridgehead atoms. The van der Waals surface area contributed by atoms with Gasteiger partial charge in [-0.15, -0.1) is 11.3 Å². The van der Waals surface area contributed by atoms with Crippen molar-refractivity contribution in [2.75, 3.05) is 31.5 Å². The first kappa shape index (κ1) is 18.3. The lowest BCUT2D eigenvalue weighted by atomic mass is 9.96. The zero-order valence-corrected chi connectivity index (χ0v) is 16.0. The molecule has 2 aliphatic rings. The van der Waals surface area contributed by atoms with Crippen LogP contribution in [0.1, 0.15) is 45.2 Å². The fraction of sp³-hybridized carbons (Fsp3) is 0.722. The molecule has 1 N–H and O–H groups in total. The Kier molecular flexibility index (Phi) is 6.06.